The van der Waals surface area contributed by atoms with Gasteiger partial charge in [0.1, 0.15) is 5.01 Å². The number of rotatable bonds is 5. The highest BCUT2D eigenvalue weighted by Gasteiger charge is 2.31. The lowest BCUT2D eigenvalue weighted by Gasteiger charge is -2.20. The van der Waals surface area contributed by atoms with Gasteiger partial charge in [0.25, 0.3) is 15.9 Å². The van der Waals surface area contributed by atoms with Crippen LogP contribution in [-0.2, 0) is 23.0 Å². The summed E-state index contributed by atoms with van der Waals surface area (Å²) in [6.45, 7) is 0.756. The highest BCUT2D eigenvalue weighted by molar-refractivity contribution is 7.92. The van der Waals surface area contributed by atoms with Crippen molar-refractivity contribution in [3.63, 3.8) is 0 Å². The number of benzene rings is 3. The number of hydrogen-bond donors (Lipinski definition) is 0. The molecule has 162 valence electrons. The fourth-order valence-electron chi connectivity index (χ4n) is 3.96. The van der Waals surface area contributed by atoms with Crippen LogP contribution in [0.25, 0.3) is 10.2 Å². The van der Waals surface area contributed by atoms with Crippen LogP contribution in [0.4, 0.5) is 5.69 Å². The summed E-state index contributed by atoms with van der Waals surface area (Å²) < 4.78 is 29.1. The van der Waals surface area contributed by atoms with E-state index in [1.807, 2.05) is 48.5 Å². The van der Waals surface area contributed by atoms with Crippen molar-refractivity contribution in [3.05, 3.63) is 88.9 Å². The van der Waals surface area contributed by atoms with E-state index < -0.39 is 10.0 Å². The number of thiazole rings is 1. The number of carbonyl (C=O) groups is 1. The second-order valence-corrected chi connectivity index (χ2v) is 10.7. The van der Waals surface area contributed by atoms with E-state index in [-0.39, 0.29) is 10.8 Å². The summed E-state index contributed by atoms with van der Waals surface area (Å²) in [5.74, 6) is -0.247. The van der Waals surface area contributed by atoms with Crippen LogP contribution in [0, 0.1) is 0 Å². The van der Waals surface area contributed by atoms with Crippen molar-refractivity contribution in [1.82, 2.24) is 9.88 Å². The second kappa shape index (κ2) is 8.03. The van der Waals surface area contributed by atoms with E-state index in [0.29, 0.717) is 30.8 Å². The van der Waals surface area contributed by atoms with E-state index in [1.165, 1.54) is 10.4 Å². The van der Waals surface area contributed by atoms with Crippen LogP contribution in [0.2, 0.25) is 0 Å². The summed E-state index contributed by atoms with van der Waals surface area (Å²) >= 11 is 1.55. The molecule has 0 spiro atoms. The Labute approximate surface area is 190 Å². The predicted molar refractivity (Wildman–Crippen MR) is 127 cm³/mol. The fraction of sp³-hybridized carbons (Fsp3) is 0.167. The number of aromatic nitrogens is 1. The van der Waals surface area contributed by atoms with Crippen LogP contribution in [0.5, 0.6) is 0 Å². The van der Waals surface area contributed by atoms with Crippen molar-refractivity contribution in [3.8, 4) is 0 Å². The van der Waals surface area contributed by atoms with Crippen molar-refractivity contribution in [2.45, 2.75) is 17.9 Å². The molecule has 4 aromatic rings. The Morgan fingerprint density at radius 3 is 2.69 bits per heavy atom. The van der Waals surface area contributed by atoms with Gasteiger partial charge < -0.3 is 4.90 Å². The van der Waals surface area contributed by atoms with Gasteiger partial charge in [-0.3, -0.25) is 9.10 Å². The minimum absolute atomic E-state index is 0.119. The summed E-state index contributed by atoms with van der Waals surface area (Å²) in [5.41, 5.74) is 2.96. The minimum atomic E-state index is -3.76. The third-order valence-electron chi connectivity index (χ3n) is 5.57. The largest absolute Gasteiger partial charge is 0.335 e. The number of nitrogens with zero attached hydrogens (tertiary/aromatic N) is 3. The van der Waals surface area contributed by atoms with Gasteiger partial charge in [0.15, 0.2) is 0 Å². The summed E-state index contributed by atoms with van der Waals surface area (Å²) in [7, 11) is -2.06. The molecule has 5 rings (SSSR count). The Hall–Kier alpha value is -3.23. The van der Waals surface area contributed by atoms with E-state index in [1.54, 1.807) is 41.5 Å². The smallest absolute Gasteiger partial charge is 0.264 e. The van der Waals surface area contributed by atoms with Crippen LogP contribution in [-0.4, -0.2) is 37.8 Å². The van der Waals surface area contributed by atoms with Gasteiger partial charge in [0.05, 0.1) is 27.3 Å². The van der Waals surface area contributed by atoms with Crippen molar-refractivity contribution in [1.29, 1.82) is 0 Å². The van der Waals surface area contributed by atoms with Gasteiger partial charge in [0.2, 0.25) is 0 Å². The Balaban J connectivity index is 1.39. The molecule has 2 heterocycles. The topological polar surface area (TPSA) is 70.6 Å². The molecular weight excluding hydrogens is 442 g/mol. The fourth-order valence-corrected chi connectivity index (χ4v) is 6.53. The minimum Gasteiger partial charge on any atom is -0.335 e. The maximum Gasteiger partial charge on any atom is 0.264 e. The summed E-state index contributed by atoms with van der Waals surface area (Å²) in [5, 5.41) is 0.833. The van der Waals surface area contributed by atoms with Gasteiger partial charge in [-0.1, -0.05) is 36.4 Å². The lowest BCUT2D eigenvalue weighted by atomic mass is 10.2. The molecule has 1 aromatic heterocycles. The van der Waals surface area contributed by atoms with Gasteiger partial charge in [-0.2, -0.15) is 0 Å². The van der Waals surface area contributed by atoms with E-state index >= 15 is 0 Å². The third kappa shape index (κ3) is 3.65. The van der Waals surface area contributed by atoms with Crippen molar-refractivity contribution in [2.75, 3.05) is 17.9 Å². The molecule has 32 heavy (non-hydrogen) atoms. The van der Waals surface area contributed by atoms with Crippen molar-refractivity contribution in [2.24, 2.45) is 0 Å². The van der Waals surface area contributed by atoms with Crippen LogP contribution >= 0.6 is 11.3 Å². The highest BCUT2D eigenvalue weighted by Crippen LogP contribution is 2.33. The Morgan fingerprint density at radius 2 is 1.84 bits per heavy atom. The Bertz CT molecular complexity index is 1400. The molecule has 0 atom stereocenters. The first kappa shape index (κ1) is 20.7. The van der Waals surface area contributed by atoms with E-state index in [0.717, 1.165) is 20.8 Å². The van der Waals surface area contributed by atoms with E-state index in [2.05, 4.69) is 4.98 Å². The zero-order valence-corrected chi connectivity index (χ0v) is 19.1. The number of amides is 1. The predicted octanol–water partition coefficient (Wildman–Crippen LogP) is 4.32. The maximum atomic E-state index is 13.3. The van der Waals surface area contributed by atoms with Gasteiger partial charge in [-0.25, -0.2) is 13.4 Å². The average molecular weight is 464 g/mol. The average Bonchev–Trinajstić information content (AvgIpc) is 3.42. The summed E-state index contributed by atoms with van der Waals surface area (Å²) in [6.07, 6.45) is 0.679. The number of fused-ring (bicyclic) bond motifs is 2. The first-order chi connectivity index (χ1) is 15.4. The Morgan fingerprint density at radius 1 is 1.06 bits per heavy atom. The standard InChI is InChI=1S/C24H21N3O3S2/c1-26(16-23-25-20-10-3-5-12-22(20)31-23)24(28)18-8-6-9-19(15-18)32(29,30)27-14-13-17-7-2-4-11-21(17)27/h2-12,15H,13-14,16H2,1H3. The van der Waals surface area contributed by atoms with Gasteiger partial charge in [-0.15, -0.1) is 11.3 Å². The molecule has 8 heteroatoms. The number of carbonyl (C=O) groups excluding carboxylic acids is 1. The van der Waals surface area contributed by atoms with Crippen molar-refractivity contribution < 1.29 is 13.2 Å². The van der Waals surface area contributed by atoms with Crippen LogP contribution in [0.15, 0.2) is 77.7 Å². The molecule has 0 bridgehead atoms. The summed E-state index contributed by atoms with van der Waals surface area (Å²) in [4.78, 5) is 19.3. The van der Waals surface area contributed by atoms with E-state index in [9.17, 15) is 13.2 Å². The zero-order chi connectivity index (χ0) is 22.3. The number of anilines is 1. The molecule has 0 saturated carbocycles. The first-order valence-electron chi connectivity index (χ1n) is 10.2. The molecule has 1 aliphatic heterocycles. The molecule has 3 aromatic carbocycles. The zero-order valence-electron chi connectivity index (χ0n) is 17.4. The van der Waals surface area contributed by atoms with Crippen LogP contribution in [0.3, 0.4) is 0 Å². The van der Waals surface area contributed by atoms with Gasteiger partial charge in [-0.05, 0) is 48.4 Å². The molecule has 0 radical (unpaired) electrons. The second-order valence-electron chi connectivity index (χ2n) is 7.72. The number of hydrogen-bond acceptors (Lipinski definition) is 5. The quantitative estimate of drug-likeness (QED) is 0.442. The molecule has 6 nitrogen and oxygen atoms in total. The molecule has 1 aliphatic rings. The molecule has 0 aliphatic carbocycles. The maximum absolute atomic E-state index is 13.3. The Kier molecular flexibility index (Phi) is 5.19. The third-order valence-corrected chi connectivity index (χ3v) is 8.40. The SMILES string of the molecule is CN(Cc1nc2ccccc2s1)C(=O)c1cccc(S(=O)(=O)N2CCc3ccccc32)c1. The first-order valence-corrected chi connectivity index (χ1v) is 12.5. The lowest BCUT2D eigenvalue weighted by molar-refractivity contribution is 0.0785. The van der Waals surface area contributed by atoms with Gasteiger partial charge in [0, 0.05) is 19.2 Å². The number of sulfonamides is 1. The molecule has 0 unspecified atom stereocenters. The van der Waals surface area contributed by atoms with Gasteiger partial charge >= 0.3 is 0 Å². The van der Waals surface area contributed by atoms with E-state index in [4.69, 9.17) is 0 Å². The monoisotopic (exact) mass is 463 g/mol. The summed E-state index contributed by atoms with van der Waals surface area (Å²) in [6, 6.07) is 21.6. The molecular formula is C24H21N3O3S2. The van der Waals surface area contributed by atoms with Crippen molar-refractivity contribution >= 4 is 43.2 Å². The molecule has 0 fully saturated rings. The normalized spacial score (nSPS) is 13.3. The molecule has 1 amide bonds. The van der Waals surface area contributed by atoms with Crippen LogP contribution < -0.4 is 4.31 Å². The molecule has 0 saturated heterocycles. The number of para-hydroxylation sites is 2. The molecule has 0 N–H and O–H groups in total. The highest BCUT2D eigenvalue weighted by atomic mass is 32.2. The van der Waals surface area contributed by atoms with Crippen LogP contribution in [0.1, 0.15) is 20.9 Å². The lowest BCUT2D eigenvalue weighted by Crippen LogP contribution is -2.30.